The van der Waals surface area contributed by atoms with Gasteiger partial charge >= 0.3 is 6.01 Å². The highest BCUT2D eigenvalue weighted by Crippen LogP contribution is 2.15. The molecule has 11 heteroatoms. The lowest BCUT2D eigenvalue weighted by molar-refractivity contribution is 0.568. The predicted molar refractivity (Wildman–Crippen MR) is 120 cm³/mol. The van der Waals surface area contributed by atoms with Crippen LogP contribution in [-0.4, -0.2) is 35.7 Å². The number of benzene rings is 1. The third-order valence-electron chi connectivity index (χ3n) is 3.19. The first-order chi connectivity index (χ1) is 13.7. The monoisotopic (exact) mass is 434 g/mol. The van der Waals surface area contributed by atoms with Crippen molar-refractivity contribution in [2.45, 2.75) is 5.75 Å². The highest BCUT2D eigenvalue weighted by molar-refractivity contribution is 7.98. The molecular formula is C18H23ClN8OS. The van der Waals surface area contributed by atoms with E-state index in [1.54, 1.807) is 11.8 Å². The molecule has 0 saturated carbocycles. The minimum atomic E-state index is -0.0966. The van der Waals surface area contributed by atoms with Crippen LogP contribution in [0.15, 0.2) is 57.1 Å². The first-order valence-electron chi connectivity index (χ1n) is 8.44. The van der Waals surface area contributed by atoms with Crippen LogP contribution >= 0.6 is 24.2 Å². The molecular weight excluding hydrogens is 412 g/mol. The van der Waals surface area contributed by atoms with Gasteiger partial charge in [-0.2, -0.15) is 27.0 Å². The van der Waals surface area contributed by atoms with Crippen LogP contribution in [0.25, 0.3) is 6.08 Å². The summed E-state index contributed by atoms with van der Waals surface area (Å²) in [6.07, 6.45) is 7.32. The Bertz CT molecular complexity index is 856. The lowest BCUT2D eigenvalue weighted by atomic mass is 10.2. The molecule has 0 aliphatic heterocycles. The molecule has 0 aliphatic rings. The molecule has 1 aromatic heterocycles. The molecule has 9 nitrogen and oxygen atoms in total. The molecule has 29 heavy (non-hydrogen) atoms. The number of nitrogens with zero attached hydrogens (tertiary/aromatic N) is 4. The first kappa shape index (κ1) is 23.9. The fourth-order valence-electron chi connectivity index (χ4n) is 2.03. The first-order valence-corrected chi connectivity index (χ1v) is 9.59. The molecule has 6 N–H and O–H groups in total. The minimum Gasteiger partial charge on any atom is -0.430 e. The van der Waals surface area contributed by atoms with Crippen LogP contribution in [0.2, 0.25) is 0 Å². The van der Waals surface area contributed by atoms with E-state index in [-0.39, 0.29) is 24.4 Å². The summed E-state index contributed by atoms with van der Waals surface area (Å²) in [5.41, 5.74) is 12.4. The molecule has 0 unspecified atom stereocenters. The molecule has 0 bridgehead atoms. The smallest absolute Gasteiger partial charge is 0.325 e. The van der Waals surface area contributed by atoms with Crippen molar-refractivity contribution in [1.29, 1.82) is 5.26 Å². The van der Waals surface area contributed by atoms with Crippen LogP contribution in [0.3, 0.4) is 0 Å². The summed E-state index contributed by atoms with van der Waals surface area (Å²) in [5.74, 6) is 1.79. The standard InChI is InChI=1S/C18H22N8OS.ClH/c19-13-24-17(22-8-4-7-14-5-2-1-3-6-14)23-9-10-28-12-15-11-27-18(25-15)26-16(20)21;/h1-7,11H,8-10,12H2,(H2,22,23,24)(H4,20,21,25,26);1H. The van der Waals surface area contributed by atoms with E-state index in [0.717, 1.165) is 17.0 Å². The van der Waals surface area contributed by atoms with Crippen molar-refractivity contribution >= 4 is 48.2 Å². The SMILES string of the molecule is Cl.N#CNC(=NCC=Cc1ccccc1)NCCSCc1coc(N=C(N)N)n1. The fourth-order valence-corrected chi connectivity index (χ4v) is 2.76. The normalized spacial score (nSPS) is 10.8. The largest absolute Gasteiger partial charge is 0.430 e. The van der Waals surface area contributed by atoms with Gasteiger partial charge in [-0.25, -0.2) is 4.99 Å². The van der Waals surface area contributed by atoms with Crippen molar-refractivity contribution in [3.05, 3.63) is 53.9 Å². The van der Waals surface area contributed by atoms with E-state index < -0.39 is 0 Å². The fraction of sp³-hybridized carbons (Fsp3) is 0.222. The van der Waals surface area contributed by atoms with Crippen LogP contribution in [0.4, 0.5) is 6.01 Å². The molecule has 0 aliphatic carbocycles. The number of aromatic nitrogens is 1. The van der Waals surface area contributed by atoms with Gasteiger partial charge in [-0.15, -0.1) is 12.4 Å². The molecule has 0 atom stereocenters. The lowest BCUT2D eigenvalue weighted by Crippen LogP contribution is -2.36. The van der Waals surface area contributed by atoms with E-state index in [0.29, 0.717) is 24.8 Å². The van der Waals surface area contributed by atoms with Gasteiger partial charge in [-0.3, -0.25) is 5.32 Å². The Balaban J connectivity index is 0.00000420. The third-order valence-corrected chi connectivity index (χ3v) is 4.18. The Kier molecular flexibility index (Phi) is 11.5. The van der Waals surface area contributed by atoms with E-state index in [1.807, 2.05) is 48.7 Å². The number of rotatable bonds is 9. The quantitative estimate of drug-likeness (QED) is 0.154. The maximum Gasteiger partial charge on any atom is 0.325 e. The number of hydrogen-bond acceptors (Lipinski definition) is 6. The zero-order chi connectivity index (χ0) is 20.0. The number of aliphatic imine (C=N–C) groups is 2. The maximum absolute atomic E-state index is 8.84. The van der Waals surface area contributed by atoms with Gasteiger partial charge in [0, 0.05) is 18.1 Å². The zero-order valence-electron chi connectivity index (χ0n) is 15.6. The molecule has 0 saturated heterocycles. The van der Waals surface area contributed by atoms with Gasteiger partial charge < -0.3 is 21.2 Å². The van der Waals surface area contributed by atoms with Crippen LogP contribution in [0, 0.1) is 11.5 Å². The Labute approximate surface area is 179 Å². The summed E-state index contributed by atoms with van der Waals surface area (Å²) in [6, 6.07) is 10.1. The number of halogens is 1. The lowest BCUT2D eigenvalue weighted by Gasteiger charge is -2.06. The van der Waals surface area contributed by atoms with Crippen molar-refractivity contribution in [2.75, 3.05) is 18.8 Å². The van der Waals surface area contributed by atoms with Gasteiger partial charge in [-0.1, -0.05) is 42.5 Å². The van der Waals surface area contributed by atoms with Crippen LogP contribution in [0.1, 0.15) is 11.3 Å². The Morgan fingerprint density at radius 2 is 2.10 bits per heavy atom. The van der Waals surface area contributed by atoms with E-state index in [2.05, 4.69) is 25.6 Å². The molecule has 154 valence electrons. The number of nitrogens with two attached hydrogens (primary N) is 2. The summed E-state index contributed by atoms with van der Waals surface area (Å²) in [7, 11) is 0. The molecule has 2 aromatic rings. The highest BCUT2D eigenvalue weighted by atomic mass is 35.5. The van der Waals surface area contributed by atoms with E-state index in [9.17, 15) is 0 Å². The number of hydrogen-bond donors (Lipinski definition) is 4. The van der Waals surface area contributed by atoms with Crippen molar-refractivity contribution < 1.29 is 4.42 Å². The van der Waals surface area contributed by atoms with Crippen LogP contribution in [-0.2, 0) is 5.75 Å². The summed E-state index contributed by atoms with van der Waals surface area (Å²) in [6.45, 7) is 1.10. The van der Waals surface area contributed by atoms with Gasteiger partial charge in [0.25, 0.3) is 0 Å². The van der Waals surface area contributed by atoms with Crippen molar-refractivity contribution in [1.82, 2.24) is 15.6 Å². The van der Waals surface area contributed by atoms with E-state index in [1.165, 1.54) is 6.26 Å². The minimum absolute atomic E-state index is 0. The van der Waals surface area contributed by atoms with Crippen LogP contribution < -0.4 is 22.1 Å². The molecule has 1 heterocycles. The molecule has 1 aromatic carbocycles. The van der Waals surface area contributed by atoms with Crippen LogP contribution in [0.5, 0.6) is 0 Å². The Hall–Kier alpha value is -3.16. The van der Waals surface area contributed by atoms with Crippen molar-refractivity contribution in [3.63, 3.8) is 0 Å². The van der Waals surface area contributed by atoms with Gasteiger partial charge in [-0.05, 0) is 5.56 Å². The zero-order valence-corrected chi connectivity index (χ0v) is 17.2. The molecule has 0 amide bonds. The average molecular weight is 435 g/mol. The van der Waals surface area contributed by atoms with E-state index >= 15 is 0 Å². The van der Waals surface area contributed by atoms with Crippen molar-refractivity contribution in [3.8, 4) is 6.19 Å². The summed E-state index contributed by atoms with van der Waals surface area (Å²) in [5, 5.41) is 14.5. The summed E-state index contributed by atoms with van der Waals surface area (Å²) in [4.78, 5) is 12.2. The molecule has 0 spiro atoms. The number of thioether (sulfide) groups is 1. The second-order valence-electron chi connectivity index (χ2n) is 5.38. The Morgan fingerprint density at radius 3 is 2.83 bits per heavy atom. The number of guanidine groups is 2. The van der Waals surface area contributed by atoms with Crippen molar-refractivity contribution in [2.24, 2.45) is 21.5 Å². The van der Waals surface area contributed by atoms with Gasteiger partial charge in [0.15, 0.2) is 12.2 Å². The molecule has 0 fully saturated rings. The second kappa shape index (κ2) is 13.9. The van der Waals surface area contributed by atoms with E-state index in [4.69, 9.17) is 21.1 Å². The average Bonchev–Trinajstić information content (AvgIpc) is 3.12. The maximum atomic E-state index is 8.84. The second-order valence-corrected chi connectivity index (χ2v) is 6.48. The number of nitriles is 1. The van der Waals surface area contributed by atoms with Gasteiger partial charge in [0.05, 0.1) is 12.2 Å². The molecule has 0 radical (unpaired) electrons. The third kappa shape index (κ3) is 10.1. The number of oxazole rings is 1. The highest BCUT2D eigenvalue weighted by Gasteiger charge is 2.03. The topological polar surface area (TPSA) is 151 Å². The van der Waals surface area contributed by atoms with Gasteiger partial charge in [0.2, 0.25) is 5.96 Å². The predicted octanol–water partition coefficient (Wildman–Crippen LogP) is 1.96. The summed E-state index contributed by atoms with van der Waals surface area (Å²) >= 11 is 1.65. The molecule has 2 rings (SSSR count). The Morgan fingerprint density at radius 1 is 1.31 bits per heavy atom. The number of nitrogens with one attached hydrogen (secondary N) is 2. The van der Waals surface area contributed by atoms with Gasteiger partial charge in [0.1, 0.15) is 6.26 Å². The summed E-state index contributed by atoms with van der Waals surface area (Å²) < 4.78 is 5.13.